The third-order valence-corrected chi connectivity index (χ3v) is 4.29. The maximum atomic E-state index is 11.9. The largest absolute Gasteiger partial charge is 0.350 e. The van der Waals surface area contributed by atoms with Crippen LogP contribution in [0.4, 0.5) is 0 Å². The molecular weight excluding hydrogens is 222 g/mol. The average molecular weight is 241 g/mol. The summed E-state index contributed by atoms with van der Waals surface area (Å²) in [7, 11) is 0. The number of hydrogen-bond donors (Lipinski definition) is 1. The van der Waals surface area contributed by atoms with Crippen molar-refractivity contribution in [1.29, 1.82) is 0 Å². The summed E-state index contributed by atoms with van der Waals surface area (Å²) in [6.45, 7) is 0. The summed E-state index contributed by atoms with van der Waals surface area (Å²) in [6.07, 6.45) is 8.72. The summed E-state index contributed by atoms with van der Waals surface area (Å²) in [4.78, 5) is 11.9. The second-order valence-electron chi connectivity index (χ2n) is 5.53. The zero-order chi connectivity index (χ0) is 12.4. The monoisotopic (exact) mass is 241 g/mol. The highest BCUT2D eigenvalue weighted by molar-refractivity contribution is 5.91. The van der Waals surface area contributed by atoms with Crippen molar-refractivity contribution in [2.45, 2.75) is 31.7 Å². The maximum Gasteiger partial charge on any atom is 0.244 e. The molecule has 0 spiro atoms. The van der Waals surface area contributed by atoms with Crippen LogP contribution in [0.5, 0.6) is 0 Å². The van der Waals surface area contributed by atoms with E-state index in [1.807, 2.05) is 36.4 Å². The summed E-state index contributed by atoms with van der Waals surface area (Å²) in [5, 5.41) is 3.15. The van der Waals surface area contributed by atoms with Crippen LogP contribution in [0.3, 0.4) is 0 Å². The highest BCUT2D eigenvalue weighted by atomic mass is 16.1. The standard InChI is InChI=1S/C16H19NO/c18-16(9-7-12-4-2-1-3-5-12)17-15-11-13-6-8-14(15)10-13/h1-5,7,9,13-15H,6,8,10-11H2,(H,17,18)/b9-7+/t13-,14+,15-/m1/s1. The van der Waals surface area contributed by atoms with Crippen LogP contribution in [-0.2, 0) is 4.79 Å². The molecule has 1 aromatic carbocycles. The Bertz CT molecular complexity index is 451. The lowest BCUT2D eigenvalue weighted by Crippen LogP contribution is -2.37. The van der Waals surface area contributed by atoms with Crippen LogP contribution in [0, 0.1) is 11.8 Å². The molecule has 1 amide bonds. The molecule has 2 heteroatoms. The minimum atomic E-state index is 0.0522. The minimum absolute atomic E-state index is 0.0522. The van der Waals surface area contributed by atoms with E-state index >= 15 is 0 Å². The van der Waals surface area contributed by atoms with E-state index in [0.717, 1.165) is 17.4 Å². The van der Waals surface area contributed by atoms with Crippen LogP contribution < -0.4 is 5.32 Å². The zero-order valence-electron chi connectivity index (χ0n) is 10.5. The lowest BCUT2D eigenvalue weighted by molar-refractivity contribution is -0.117. The van der Waals surface area contributed by atoms with Gasteiger partial charge in [0.05, 0.1) is 0 Å². The smallest absolute Gasteiger partial charge is 0.244 e. The quantitative estimate of drug-likeness (QED) is 0.810. The lowest BCUT2D eigenvalue weighted by Gasteiger charge is -2.22. The van der Waals surface area contributed by atoms with Crippen molar-refractivity contribution in [3.8, 4) is 0 Å². The van der Waals surface area contributed by atoms with Crippen LogP contribution in [0.2, 0.25) is 0 Å². The van der Waals surface area contributed by atoms with Crippen molar-refractivity contribution < 1.29 is 4.79 Å². The van der Waals surface area contributed by atoms with E-state index in [1.165, 1.54) is 25.7 Å². The minimum Gasteiger partial charge on any atom is -0.350 e. The molecule has 0 aromatic heterocycles. The van der Waals surface area contributed by atoms with Gasteiger partial charge in [0.25, 0.3) is 0 Å². The van der Waals surface area contributed by atoms with Crippen molar-refractivity contribution in [2.75, 3.05) is 0 Å². The third kappa shape index (κ3) is 2.47. The van der Waals surface area contributed by atoms with Crippen molar-refractivity contribution >= 4 is 12.0 Å². The van der Waals surface area contributed by atoms with Gasteiger partial charge < -0.3 is 5.32 Å². The molecule has 1 aromatic rings. The van der Waals surface area contributed by atoms with Gasteiger partial charge in [0.2, 0.25) is 5.91 Å². The van der Waals surface area contributed by atoms with Crippen molar-refractivity contribution in [3.63, 3.8) is 0 Å². The summed E-state index contributed by atoms with van der Waals surface area (Å²) in [5.41, 5.74) is 1.07. The first kappa shape index (κ1) is 11.5. The van der Waals surface area contributed by atoms with Crippen molar-refractivity contribution in [2.24, 2.45) is 11.8 Å². The molecule has 0 unspecified atom stereocenters. The Morgan fingerprint density at radius 3 is 2.67 bits per heavy atom. The Balaban J connectivity index is 1.55. The molecular formula is C16H19NO. The van der Waals surface area contributed by atoms with Crippen LogP contribution in [-0.4, -0.2) is 11.9 Å². The summed E-state index contributed by atoms with van der Waals surface area (Å²) in [6, 6.07) is 10.4. The van der Waals surface area contributed by atoms with Gasteiger partial charge in [-0.15, -0.1) is 0 Å². The zero-order valence-corrected chi connectivity index (χ0v) is 10.5. The Kier molecular flexibility index (Phi) is 3.18. The molecule has 0 saturated heterocycles. The molecule has 2 aliphatic rings. The number of hydrogen-bond acceptors (Lipinski definition) is 1. The first-order valence-electron chi connectivity index (χ1n) is 6.85. The Morgan fingerprint density at radius 1 is 1.17 bits per heavy atom. The van der Waals surface area contributed by atoms with E-state index in [4.69, 9.17) is 0 Å². The van der Waals surface area contributed by atoms with Crippen LogP contribution in [0.15, 0.2) is 36.4 Å². The molecule has 2 fully saturated rings. The number of carbonyl (C=O) groups excluding carboxylic acids is 1. The molecule has 0 aliphatic heterocycles. The molecule has 1 N–H and O–H groups in total. The van der Waals surface area contributed by atoms with E-state index in [9.17, 15) is 4.79 Å². The first-order valence-corrected chi connectivity index (χ1v) is 6.85. The number of fused-ring (bicyclic) bond motifs is 2. The van der Waals surface area contributed by atoms with Gasteiger partial charge in [0.1, 0.15) is 0 Å². The molecule has 0 radical (unpaired) electrons. The van der Waals surface area contributed by atoms with Gasteiger partial charge in [0.15, 0.2) is 0 Å². The molecule has 2 nitrogen and oxygen atoms in total. The van der Waals surface area contributed by atoms with E-state index in [0.29, 0.717) is 6.04 Å². The predicted molar refractivity (Wildman–Crippen MR) is 72.9 cm³/mol. The molecule has 3 rings (SSSR count). The predicted octanol–water partition coefficient (Wildman–Crippen LogP) is 3.00. The summed E-state index contributed by atoms with van der Waals surface area (Å²) >= 11 is 0. The Labute approximate surface area is 108 Å². The Hall–Kier alpha value is -1.57. The molecule has 18 heavy (non-hydrogen) atoms. The second-order valence-corrected chi connectivity index (χ2v) is 5.53. The highest BCUT2D eigenvalue weighted by Gasteiger charge is 2.39. The van der Waals surface area contributed by atoms with Crippen LogP contribution in [0.1, 0.15) is 31.2 Å². The van der Waals surface area contributed by atoms with Crippen molar-refractivity contribution in [3.05, 3.63) is 42.0 Å². The average Bonchev–Trinajstić information content (AvgIpc) is 3.00. The highest BCUT2D eigenvalue weighted by Crippen LogP contribution is 2.44. The van der Waals surface area contributed by atoms with Gasteiger partial charge in [-0.1, -0.05) is 36.8 Å². The third-order valence-electron chi connectivity index (χ3n) is 4.29. The Morgan fingerprint density at radius 2 is 2.00 bits per heavy atom. The number of nitrogens with one attached hydrogen (secondary N) is 1. The van der Waals surface area contributed by atoms with E-state index in [2.05, 4.69) is 5.32 Å². The number of benzene rings is 1. The van der Waals surface area contributed by atoms with Gasteiger partial charge in [0, 0.05) is 12.1 Å². The number of carbonyl (C=O) groups is 1. The van der Waals surface area contributed by atoms with E-state index in [1.54, 1.807) is 6.08 Å². The number of rotatable bonds is 3. The topological polar surface area (TPSA) is 29.1 Å². The fraction of sp³-hybridized carbons (Fsp3) is 0.438. The summed E-state index contributed by atoms with van der Waals surface area (Å²) < 4.78 is 0. The second kappa shape index (κ2) is 4.97. The molecule has 94 valence electrons. The fourth-order valence-electron chi connectivity index (χ4n) is 3.39. The molecule has 2 saturated carbocycles. The van der Waals surface area contributed by atoms with Crippen LogP contribution >= 0.6 is 0 Å². The van der Waals surface area contributed by atoms with Gasteiger partial charge in [-0.05, 0) is 42.7 Å². The van der Waals surface area contributed by atoms with Crippen molar-refractivity contribution in [1.82, 2.24) is 5.32 Å². The molecule has 0 heterocycles. The van der Waals surface area contributed by atoms with Gasteiger partial charge in [-0.25, -0.2) is 0 Å². The number of amides is 1. The lowest BCUT2D eigenvalue weighted by atomic mass is 9.95. The van der Waals surface area contributed by atoms with E-state index < -0.39 is 0 Å². The van der Waals surface area contributed by atoms with E-state index in [-0.39, 0.29) is 5.91 Å². The maximum absolute atomic E-state index is 11.9. The molecule has 2 aliphatic carbocycles. The van der Waals surface area contributed by atoms with Crippen LogP contribution in [0.25, 0.3) is 6.08 Å². The summed E-state index contributed by atoms with van der Waals surface area (Å²) in [5.74, 6) is 1.67. The van der Waals surface area contributed by atoms with Gasteiger partial charge in [-0.2, -0.15) is 0 Å². The molecule has 2 bridgehead atoms. The van der Waals surface area contributed by atoms with Gasteiger partial charge >= 0.3 is 0 Å². The SMILES string of the molecule is O=C(/C=C/c1ccccc1)N[C@@H]1C[C@@H]2CC[C@H]1C2. The normalized spacial score (nSPS) is 29.9. The van der Waals surface area contributed by atoms with Gasteiger partial charge in [-0.3, -0.25) is 4.79 Å². The fourth-order valence-corrected chi connectivity index (χ4v) is 3.39. The first-order chi connectivity index (χ1) is 8.81. The molecule has 3 atom stereocenters.